The lowest BCUT2D eigenvalue weighted by Gasteiger charge is -2.11. The summed E-state index contributed by atoms with van der Waals surface area (Å²) in [6.45, 7) is 0. The van der Waals surface area contributed by atoms with Crippen LogP contribution in [-0.2, 0) is 4.79 Å². The molecule has 0 unspecified atom stereocenters. The average Bonchev–Trinajstić information content (AvgIpc) is 2.75. The topological polar surface area (TPSA) is 53.8 Å². The maximum atomic E-state index is 12.1. The molecule has 0 saturated heterocycles. The van der Waals surface area contributed by atoms with Gasteiger partial charge >= 0.3 is 0 Å². The third kappa shape index (κ3) is 1.33. The fourth-order valence-electron chi connectivity index (χ4n) is 2.87. The predicted octanol–water partition coefficient (Wildman–Crippen LogP) is 2.36. The molecular formula is C13H13N3O. The Morgan fingerprint density at radius 1 is 1.29 bits per heavy atom. The third-order valence-electron chi connectivity index (χ3n) is 3.90. The molecule has 4 nitrogen and oxygen atoms in total. The molecule has 0 aromatic heterocycles. The van der Waals surface area contributed by atoms with Crippen molar-refractivity contribution in [2.24, 2.45) is 10.2 Å². The van der Waals surface area contributed by atoms with Gasteiger partial charge in [-0.1, -0.05) is 12.8 Å². The quantitative estimate of drug-likeness (QED) is 0.773. The molecule has 3 aliphatic carbocycles. The number of allylic oxidation sites excluding steroid dienone is 3. The molecule has 17 heavy (non-hydrogen) atoms. The zero-order chi connectivity index (χ0) is 11.4. The number of nitrogens with one attached hydrogen (secondary N) is 1. The number of hydrogen-bond acceptors (Lipinski definition) is 3. The van der Waals surface area contributed by atoms with E-state index in [-0.39, 0.29) is 5.91 Å². The molecule has 4 aliphatic rings. The molecule has 1 heterocycles. The highest BCUT2D eigenvalue weighted by molar-refractivity contribution is 5.97. The van der Waals surface area contributed by atoms with Gasteiger partial charge in [-0.2, -0.15) is 0 Å². The summed E-state index contributed by atoms with van der Waals surface area (Å²) in [5.41, 5.74) is 5.01. The van der Waals surface area contributed by atoms with Gasteiger partial charge in [0.1, 0.15) is 0 Å². The second kappa shape index (κ2) is 3.15. The predicted molar refractivity (Wildman–Crippen MR) is 62.0 cm³/mol. The van der Waals surface area contributed by atoms with Gasteiger partial charge in [-0.05, 0) is 30.1 Å². The van der Waals surface area contributed by atoms with Gasteiger partial charge in [0.05, 0.1) is 5.70 Å². The van der Waals surface area contributed by atoms with E-state index in [9.17, 15) is 4.79 Å². The summed E-state index contributed by atoms with van der Waals surface area (Å²) in [6.07, 6.45) is 7.74. The number of hydrogen-bond donors (Lipinski definition) is 1. The fourth-order valence-corrected chi connectivity index (χ4v) is 2.87. The van der Waals surface area contributed by atoms with Crippen LogP contribution < -0.4 is 5.32 Å². The van der Waals surface area contributed by atoms with Gasteiger partial charge in [0.15, 0.2) is 5.70 Å². The highest BCUT2D eigenvalue weighted by atomic mass is 16.2. The third-order valence-corrected chi connectivity index (χ3v) is 3.90. The van der Waals surface area contributed by atoms with Gasteiger partial charge in [0, 0.05) is 18.0 Å². The smallest absolute Gasteiger partial charge is 0.272 e. The summed E-state index contributed by atoms with van der Waals surface area (Å²) >= 11 is 0. The lowest BCUT2D eigenvalue weighted by atomic mass is 10.1. The van der Waals surface area contributed by atoms with Gasteiger partial charge in [0.25, 0.3) is 5.91 Å². The monoisotopic (exact) mass is 227 g/mol. The Morgan fingerprint density at radius 2 is 2.12 bits per heavy atom. The van der Waals surface area contributed by atoms with Crippen LogP contribution in [0, 0.1) is 0 Å². The van der Waals surface area contributed by atoms with E-state index in [1.807, 2.05) is 0 Å². The first-order chi connectivity index (χ1) is 8.33. The average molecular weight is 227 g/mol. The number of azo groups is 1. The zero-order valence-electron chi connectivity index (χ0n) is 9.49. The molecule has 1 N–H and O–H groups in total. The largest absolute Gasteiger partial charge is 0.348 e. The molecule has 0 bridgehead atoms. The van der Waals surface area contributed by atoms with Crippen molar-refractivity contribution in [1.82, 2.24) is 5.32 Å². The number of nitrogens with zero attached hydrogens (tertiary/aromatic N) is 2. The van der Waals surface area contributed by atoms with E-state index in [0.717, 1.165) is 30.5 Å². The van der Waals surface area contributed by atoms with E-state index < -0.39 is 0 Å². The first kappa shape index (κ1) is 9.33. The Labute approximate surface area is 99.2 Å². The Hall–Kier alpha value is -1.71. The van der Waals surface area contributed by atoms with Gasteiger partial charge < -0.3 is 5.32 Å². The minimum Gasteiger partial charge on any atom is -0.348 e. The van der Waals surface area contributed by atoms with Crippen LogP contribution in [0.15, 0.2) is 44.4 Å². The van der Waals surface area contributed by atoms with Crippen molar-refractivity contribution in [2.45, 2.75) is 38.1 Å². The maximum absolute atomic E-state index is 12.1. The number of rotatable bonds is 2. The highest BCUT2D eigenvalue weighted by Crippen LogP contribution is 2.51. The van der Waals surface area contributed by atoms with Gasteiger partial charge in [-0.15, -0.1) is 10.2 Å². The van der Waals surface area contributed by atoms with E-state index in [1.54, 1.807) is 0 Å². The molecule has 0 radical (unpaired) electrons. The standard InChI is InChI=1S/C13H13N3O/c17-13(14-8-3-1-2-4-8)12-10-6-7-5-9(7)11(10)15-16-12/h6,8H,1-5H2,(H,14,17). The summed E-state index contributed by atoms with van der Waals surface area (Å²) in [6, 6.07) is 0.339. The van der Waals surface area contributed by atoms with Crippen LogP contribution in [0.5, 0.6) is 0 Å². The first-order valence-corrected chi connectivity index (χ1v) is 6.24. The second-order valence-electron chi connectivity index (χ2n) is 5.09. The van der Waals surface area contributed by atoms with E-state index in [4.69, 9.17) is 0 Å². The van der Waals surface area contributed by atoms with Crippen LogP contribution in [-0.4, -0.2) is 11.9 Å². The van der Waals surface area contributed by atoms with Crippen molar-refractivity contribution in [2.75, 3.05) is 0 Å². The van der Waals surface area contributed by atoms with Gasteiger partial charge in [-0.3, -0.25) is 4.79 Å². The van der Waals surface area contributed by atoms with Crippen molar-refractivity contribution in [1.29, 1.82) is 0 Å². The lowest BCUT2D eigenvalue weighted by Crippen LogP contribution is -2.33. The van der Waals surface area contributed by atoms with Crippen LogP contribution in [0.25, 0.3) is 0 Å². The number of carbonyl (C=O) groups is 1. The Kier molecular flexibility index (Phi) is 1.73. The maximum Gasteiger partial charge on any atom is 0.272 e. The van der Waals surface area contributed by atoms with Crippen molar-refractivity contribution in [3.63, 3.8) is 0 Å². The highest BCUT2D eigenvalue weighted by Gasteiger charge is 2.38. The van der Waals surface area contributed by atoms with Crippen LogP contribution >= 0.6 is 0 Å². The molecule has 4 rings (SSSR count). The summed E-state index contributed by atoms with van der Waals surface area (Å²) in [7, 11) is 0. The molecule has 0 atom stereocenters. The lowest BCUT2D eigenvalue weighted by molar-refractivity contribution is -0.118. The molecule has 0 aromatic rings. The van der Waals surface area contributed by atoms with Gasteiger partial charge in [-0.25, -0.2) is 0 Å². The molecular weight excluding hydrogens is 214 g/mol. The molecule has 1 amide bonds. The first-order valence-electron chi connectivity index (χ1n) is 6.24. The molecule has 2 fully saturated rings. The molecule has 4 heteroatoms. The van der Waals surface area contributed by atoms with E-state index in [0.29, 0.717) is 11.7 Å². The molecule has 2 saturated carbocycles. The Balaban J connectivity index is 1.58. The summed E-state index contributed by atoms with van der Waals surface area (Å²) in [4.78, 5) is 12.1. The van der Waals surface area contributed by atoms with Crippen molar-refractivity contribution in [3.05, 3.63) is 34.2 Å². The summed E-state index contributed by atoms with van der Waals surface area (Å²) in [5.74, 6) is -0.0515. The van der Waals surface area contributed by atoms with Crippen LogP contribution in [0.1, 0.15) is 32.1 Å². The SMILES string of the molecule is O=C(NC1CCCC1)C1=C2C=C3CC3=C2N=N1. The second-order valence-corrected chi connectivity index (χ2v) is 5.09. The minimum absolute atomic E-state index is 0.0515. The normalized spacial score (nSPS) is 25.3. The number of amides is 1. The van der Waals surface area contributed by atoms with E-state index in [1.165, 1.54) is 24.0 Å². The molecule has 86 valence electrons. The van der Waals surface area contributed by atoms with Crippen LogP contribution in [0.2, 0.25) is 0 Å². The van der Waals surface area contributed by atoms with Crippen molar-refractivity contribution >= 4 is 5.91 Å². The van der Waals surface area contributed by atoms with Crippen LogP contribution in [0.4, 0.5) is 0 Å². The Morgan fingerprint density at radius 3 is 2.94 bits per heavy atom. The minimum atomic E-state index is -0.0515. The van der Waals surface area contributed by atoms with E-state index >= 15 is 0 Å². The zero-order valence-corrected chi connectivity index (χ0v) is 9.49. The number of fused-ring (bicyclic) bond motifs is 2. The molecule has 1 aliphatic heterocycles. The van der Waals surface area contributed by atoms with Crippen LogP contribution in [0.3, 0.4) is 0 Å². The molecule has 0 aromatic carbocycles. The van der Waals surface area contributed by atoms with E-state index in [2.05, 4.69) is 21.6 Å². The molecule has 0 spiro atoms. The number of carbonyl (C=O) groups excluding carboxylic acids is 1. The summed E-state index contributed by atoms with van der Waals surface area (Å²) < 4.78 is 0. The van der Waals surface area contributed by atoms with Crippen molar-refractivity contribution < 1.29 is 4.79 Å². The fraction of sp³-hybridized carbons (Fsp3) is 0.462. The van der Waals surface area contributed by atoms with Crippen molar-refractivity contribution in [3.8, 4) is 0 Å². The summed E-state index contributed by atoms with van der Waals surface area (Å²) in [5, 5.41) is 11.2. The Bertz CT molecular complexity index is 545. The van der Waals surface area contributed by atoms with Gasteiger partial charge in [0.2, 0.25) is 0 Å².